The molecule has 0 aliphatic carbocycles. The summed E-state index contributed by atoms with van der Waals surface area (Å²) < 4.78 is 0. The van der Waals surface area contributed by atoms with Gasteiger partial charge in [0.15, 0.2) is 0 Å². The molecule has 0 aromatic rings. The van der Waals surface area contributed by atoms with Crippen molar-refractivity contribution in [2.24, 2.45) is 5.92 Å². The summed E-state index contributed by atoms with van der Waals surface area (Å²) in [5.74, 6) is -0.345. The van der Waals surface area contributed by atoms with Gasteiger partial charge in [-0.3, -0.25) is 14.5 Å². The highest BCUT2D eigenvalue weighted by molar-refractivity contribution is 5.84. The third kappa shape index (κ3) is 5.72. The monoisotopic (exact) mass is 296 g/mol. The summed E-state index contributed by atoms with van der Waals surface area (Å²) in [6.45, 7) is 12.3. The molecule has 2 atom stereocenters. The van der Waals surface area contributed by atoms with Crippen LogP contribution in [0.15, 0.2) is 0 Å². The molecule has 6 heteroatoms. The van der Waals surface area contributed by atoms with Crippen LogP contribution in [0, 0.1) is 17.2 Å². The van der Waals surface area contributed by atoms with E-state index >= 15 is 0 Å². The number of hydrogen-bond acceptors (Lipinski definition) is 4. The average Bonchev–Trinajstić information content (AvgIpc) is 2.43. The zero-order valence-electron chi connectivity index (χ0n) is 14.0. The van der Waals surface area contributed by atoms with Gasteiger partial charge in [0.25, 0.3) is 0 Å². The van der Waals surface area contributed by atoms with Crippen molar-refractivity contribution in [3.63, 3.8) is 0 Å². The summed E-state index contributed by atoms with van der Waals surface area (Å²) in [5.41, 5.74) is -0.906. The molecule has 0 fully saturated rings. The fourth-order valence-electron chi connectivity index (χ4n) is 1.79. The van der Waals surface area contributed by atoms with Gasteiger partial charge in [-0.1, -0.05) is 20.8 Å². The number of carbonyl (C=O) groups excluding carboxylic acids is 2. The number of nitrogens with zero attached hydrogens (tertiary/aromatic N) is 2. The van der Waals surface area contributed by atoms with Crippen molar-refractivity contribution in [2.45, 2.75) is 53.1 Å². The van der Waals surface area contributed by atoms with E-state index in [2.05, 4.69) is 16.7 Å². The Labute approximate surface area is 127 Å². The van der Waals surface area contributed by atoms with Gasteiger partial charge in [0.2, 0.25) is 11.8 Å². The molecule has 21 heavy (non-hydrogen) atoms. The molecule has 2 amide bonds. The van der Waals surface area contributed by atoms with Gasteiger partial charge in [0, 0.05) is 6.54 Å². The summed E-state index contributed by atoms with van der Waals surface area (Å²) in [5, 5.41) is 14.8. The van der Waals surface area contributed by atoms with Gasteiger partial charge in [0.05, 0.1) is 18.7 Å². The van der Waals surface area contributed by atoms with E-state index in [1.807, 2.05) is 27.7 Å². The molecule has 0 aliphatic rings. The molecule has 0 unspecified atom stereocenters. The summed E-state index contributed by atoms with van der Waals surface area (Å²) in [6, 6.07) is 1.68. The maximum atomic E-state index is 12.3. The second kappa shape index (κ2) is 8.63. The van der Waals surface area contributed by atoms with Crippen molar-refractivity contribution in [3.05, 3.63) is 0 Å². The molecular weight excluding hydrogens is 268 g/mol. The second-order valence-corrected chi connectivity index (χ2v) is 5.65. The van der Waals surface area contributed by atoms with Gasteiger partial charge in [0.1, 0.15) is 5.54 Å². The third-order valence-electron chi connectivity index (χ3n) is 3.82. The second-order valence-electron chi connectivity index (χ2n) is 5.65. The maximum absolute atomic E-state index is 12.3. The van der Waals surface area contributed by atoms with E-state index < -0.39 is 11.6 Å². The SMILES string of the molecule is CCNC(=O)CN(CC)[C@H](C)C(=O)N[C@@](C)(C#N)C(C)C. The number of rotatable bonds is 8. The molecule has 6 nitrogen and oxygen atoms in total. The van der Waals surface area contributed by atoms with Crippen molar-refractivity contribution in [1.29, 1.82) is 5.26 Å². The molecular formula is C15H28N4O2. The fraction of sp³-hybridized carbons (Fsp3) is 0.800. The van der Waals surface area contributed by atoms with Gasteiger partial charge < -0.3 is 10.6 Å². The molecule has 0 aromatic heterocycles. The lowest BCUT2D eigenvalue weighted by molar-refractivity contribution is -0.129. The molecule has 0 heterocycles. The highest BCUT2D eigenvalue weighted by Gasteiger charge is 2.33. The summed E-state index contributed by atoms with van der Waals surface area (Å²) in [4.78, 5) is 25.8. The van der Waals surface area contributed by atoms with E-state index in [4.69, 9.17) is 0 Å². The molecule has 0 bridgehead atoms. The highest BCUT2D eigenvalue weighted by atomic mass is 16.2. The van der Waals surface area contributed by atoms with E-state index in [1.165, 1.54) is 0 Å². The van der Waals surface area contributed by atoms with Gasteiger partial charge in [-0.2, -0.15) is 5.26 Å². The predicted molar refractivity (Wildman–Crippen MR) is 82.4 cm³/mol. The number of carbonyl (C=O) groups is 2. The quantitative estimate of drug-likeness (QED) is 0.696. The fourth-order valence-corrected chi connectivity index (χ4v) is 1.79. The Morgan fingerprint density at radius 2 is 1.86 bits per heavy atom. The van der Waals surface area contributed by atoms with Gasteiger partial charge in [-0.15, -0.1) is 0 Å². The predicted octanol–water partition coefficient (Wildman–Crippen LogP) is 0.887. The molecule has 0 aliphatic heterocycles. The van der Waals surface area contributed by atoms with E-state index in [-0.39, 0.29) is 24.3 Å². The van der Waals surface area contributed by atoms with Crippen molar-refractivity contribution in [2.75, 3.05) is 19.6 Å². The Morgan fingerprint density at radius 1 is 1.29 bits per heavy atom. The summed E-state index contributed by atoms with van der Waals surface area (Å²) >= 11 is 0. The van der Waals surface area contributed by atoms with Crippen LogP contribution in [-0.4, -0.2) is 47.9 Å². The first-order valence-corrected chi connectivity index (χ1v) is 7.45. The first kappa shape index (κ1) is 19.4. The molecule has 120 valence electrons. The number of likely N-dealkylation sites (N-methyl/N-ethyl adjacent to an activating group) is 2. The minimum Gasteiger partial charge on any atom is -0.355 e. The number of amides is 2. The van der Waals surface area contributed by atoms with Crippen LogP contribution in [0.1, 0.15) is 41.5 Å². The molecule has 0 radical (unpaired) electrons. The van der Waals surface area contributed by atoms with Crippen LogP contribution in [0.5, 0.6) is 0 Å². The van der Waals surface area contributed by atoms with Gasteiger partial charge in [-0.05, 0) is 33.2 Å². The molecule has 0 rings (SSSR count). The molecule has 2 N–H and O–H groups in total. The molecule has 0 saturated carbocycles. The molecule has 0 spiro atoms. The Balaban J connectivity index is 4.81. The van der Waals surface area contributed by atoms with Crippen LogP contribution in [0.3, 0.4) is 0 Å². The Kier molecular flexibility index (Phi) is 7.97. The van der Waals surface area contributed by atoms with Crippen LogP contribution in [-0.2, 0) is 9.59 Å². The van der Waals surface area contributed by atoms with Crippen molar-refractivity contribution >= 4 is 11.8 Å². The smallest absolute Gasteiger partial charge is 0.238 e. The lowest BCUT2D eigenvalue weighted by atomic mass is 9.89. The minimum absolute atomic E-state index is 0.00267. The minimum atomic E-state index is -0.906. The van der Waals surface area contributed by atoms with Crippen LogP contribution >= 0.6 is 0 Å². The average molecular weight is 296 g/mol. The highest BCUT2D eigenvalue weighted by Crippen LogP contribution is 2.15. The summed E-state index contributed by atoms with van der Waals surface area (Å²) in [7, 11) is 0. The largest absolute Gasteiger partial charge is 0.355 e. The van der Waals surface area contributed by atoms with Crippen LogP contribution in [0.25, 0.3) is 0 Å². The molecule has 0 saturated heterocycles. The Bertz CT molecular complexity index is 403. The zero-order valence-corrected chi connectivity index (χ0v) is 14.0. The number of hydrogen-bond donors (Lipinski definition) is 2. The topological polar surface area (TPSA) is 85.2 Å². The van der Waals surface area contributed by atoms with Crippen molar-refractivity contribution in [1.82, 2.24) is 15.5 Å². The zero-order chi connectivity index (χ0) is 16.6. The van der Waals surface area contributed by atoms with E-state index in [0.29, 0.717) is 13.1 Å². The lowest BCUT2D eigenvalue weighted by Gasteiger charge is -2.32. The van der Waals surface area contributed by atoms with Crippen LogP contribution < -0.4 is 10.6 Å². The number of nitriles is 1. The first-order chi connectivity index (χ1) is 9.71. The van der Waals surface area contributed by atoms with E-state index in [0.717, 1.165) is 0 Å². The van der Waals surface area contributed by atoms with E-state index in [1.54, 1.807) is 18.7 Å². The first-order valence-electron chi connectivity index (χ1n) is 7.45. The van der Waals surface area contributed by atoms with Crippen molar-refractivity contribution < 1.29 is 9.59 Å². The van der Waals surface area contributed by atoms with E-state index in [9.17, 15) is 14.9 Å². The standard InChI is InChI=1S/C15H28N4O2/c1-7-17-13(20)9-19(8-2)12(5)14(21)18-15(6,10-16)11(3)4/h11-12H,7-9H2,1-6H3,(H,17,20)(H,18,21)/t12-,15+/m1/s1. The van der Waals surface area contributed by atoms with Crippen molar-refractivity contribution in [3.8, 4) is 6.07 Å². The van der Waals surface area contributed by atoms with Crippen LogP contribution in [0.4, 0.5) is 0 Å². The Hall–Kier alpha value is -1.61. The van der Waals surface area contributed by atoms with Crippen LogP contribution in [0.2, 0.25) is 0 Å². The normalized spacial score (nSPS) is 15.2. The maximum Gasteiger partial charge on any atom is 0.238 e. The lowest BCUT2D eigenvalue weighted by Crippen LogP contribution is -2.56. The molecule has 0 aromatic carbocycles. The Morgan fingerprint density at radius 3 is 2.24 bits per heavy atom. The van der Waals surface area contributed by atoms with Gasteiger partial charge in [-0.25, -0.2) is 0 Å². The third-order valence-corrected chi connectivity index (χ3v) is 3.82. The van der Waals surface area contributed by atoms with Gasteiger partial charge >= 0.3 is 0 Å². The summed E-state index contributed by atoms with van der Waals surface area (Å²) in [6.07, 6.45) is 0. The number of nitrogens with one attached hydrogen (secondary N) is 2.